The number of halogens is 2. The maximum Gasteiger partial charge on any atom is 0.308 e. The number of hydrogen-bond acceptors (Lipinski definition) is 5. The molecule has 2 saturated carbocycles. The first-order valence-electron chi connectivity index (χ1n) is 10.1. The molecule has 4 rings (SSSR count). The molecule has 1 aromatic carbocycles. The predicted molar refractivity (Wildman–Crippen MR) is 117 cm³/mol. The van der Waals surface area contributed by atoms with Crippen molar-refractivity contribution in [2.24, 2.45) is 23.7 Å². The van der Waals surface area contributed by atoms with E-state index >= 15 is 0 Å². The van der Waals surface area contributed by atoms with E-state index in [0.29, 0.717) is 5.56 Å². The summed E-state index contributed by atoms with van der Waals surface area (Å²) in [7, 11) is 0. The van der Waals surface area contributed by atoms with Gasteiger partial charge in [-0.1, -0.05) is 49.6 Å². The Morgan fingerprint density at radius 3 is 2.27 bits per heavy atom. The number of carbonyl (C=O) groups excluding carboxylic acids is 4. The SMILES string of the molecule is Cc1ccc(C)c(C(=O)COC(=O)CCN2C(=O)[C@H]3[C@@H]4C[C@@H]([C@@H](Br)[C@H]4Br)[C@@H]3C2=O)c1. The van der Waals surface area contributed by atoms with Gasteiger partial charge in [-0.15, -0.1) is 0 Å². The molecule has 2 aliphatic carbocycles. The highest BCUT2D eigenvalue weighted by Crippen LogP contribution is 2.60. The molecule has 0 N–H and O–H groups in total. The Labute approximate surface area is 192 Å². The number of ketones is 1. The van der Waals surface area contributed by atoms with Crippen LogP contribution in [0.15, 0.2) is 18.2 Å². The van der Waals surface area contributed by atoms with E-state index < -0.39 is 5.97 Å². The number of nitrogens with zero attached hydrogens (tertiary/aromatic N) is 1. The van der Waals surface area contributed by atoms with Gasteiger partial charge in [0.1, 0.15) is 0 Å². The minimum Gasteiger partial charge on any atom is -0.457 e. The summed E-state index contributed by atoms with van der Waals surface area (Å²) in [5, 5.41) is 0. The van der Waals surface area contributed by atoms with E-state index in [0.717, 1.165) is 17.5 Å². The molecule has 8 heteroatoms. The van der Waals surface area contributed by atoms with Gasteiger partial charge in [0.15, 0.2) is 6.61 Å². The van der Waals surface area contributed by atoms with E-state index in [9.17, 15) is 19.2 Å². The van der Waals surface area contributed by atoms with E-state index in [1.165, 1.54) is 4.90 Å². The Morgan fingerprint density at radius 1 is 1.07 bits per heavy atom. The third-order valence-corrected chi connectivity index (χ3v) is 9.88. The lowest BCUT2D eigenvalue weighted by atomic mass is 9.81. The van der Waals surface area contributed by atoms with Crippen LogP contribution < -0.4 is 0 Å². The van der Waals surface area contributed by atoms with Crippen molar-refractivity contribution in [1.82, 2.24) is 4.90 Å². The van der Waals surface area contributed by atoms with Crippen molar-refractivity contribution >= 4 is 55.4 Å². The molecular formula is C22H23Br2NO5. The van der Waals surface area contributed by atoms with Crippen molar-refractivity contribution < 1.29 is 23.9 Å². The lowest BCUT2D eigenvalue weighted by Crippen LogP contribution is -2.37. The standard InChI is InChI=1S/C22H23Br2NO5/c1-10-3-4-11(2)12(7-10)15(26)9-30-16(27)5-6-25-21(28)17-13-8-14(18(17)22(25)29)20(24)19(13)23/h3-4,7,13-14,17-20H,5-6,8-9H2,1-2H3/t13-,14+,17-,18-,19-,20+/m0/s1. The zero-order valence-corrected chi connectivity index (χ0v) is 19.9. The summed E-state index contributed by atoms with van der Waals surface area (Å²) < 4.78 is 5.11. The van der Waals surface area contributed by atoms with Crippen LogP contribution in [0.5, 0.6) is 0 Å². The number of aryl methyl sites for hydroxylation is 2. The second-order valence-electron chi connectivity index (χ2n) is 8.48. The number of alkyl halides is 2. The van der Waals surface area contributed by atoms with E-state index in [-0.39, 0.29) is 70.5 Å². The van der Waals surface area contributed by atoms with Gasteiger partial charge >= 0.3 is 5.97 Å². The largest absolute Gasteiger partial charge is 0.457 e. The smallest absolute Gasteiger partial charge is 0.308 e. The minimum atomic E-state index is -0.592. The Bertz CT molecular complexity index is 900. The monoisotopic (exact) mass is 539 g/mol. The number of imide groups is 1. The Hall–Kier alpha value is -1.54. The number of carbonyl (C=O) groups is 4. The topological polar surface area (TPSA) is 80.8 Å². The molecule has 1 saturated heterocycles. The van der Waals surface area contributed by atoms with Crippen LogP contribution in [0.3, 0.4) is 0 Å². The average Bonchev–Trinajstić information content (AvgIpc) is 3.31. The van der Waals surface area contributed by atoms with E-state index in [4.69, 9.17) is 4.74 Å². The molecular weight excluding hydrogens is 518 g/mol. The first kappa shape index (κ1) is 21.7. The van der Waals surface area contributed by atoms with Crippen molar-refractivity contribution in [1.29, 1.82) is 0 Å². The number of ether oxygens (including phenoxy) is 1. The number of rotatable bonds is 6. The van der Waals surface area contributed by atoms with E-state index in [2.05, 4.69) is 31.9 Å². The molecule has 160 valence electrons. The highest BCUT2D eigenvalue weighted by molar-refractivity contribution is 9.12. The minimum absolute atomic E-state index is 0.000504. The molecule has 2 bridgehead atoms. The Balaban J connectivity index is 1.31. The lowest BCUT2D eigenvalue weighted by molar-refractivity contribution is -0.145. The van der Waals surface area contributed by atoms with Gasteiger partial charge in [0.05, 0.1) is 18.3 Å². The molecule has 2 amide bonds. The fourth-order valence-electron chi connectivity index (χ4n) is 5.17. The summed E-state index contributed by atoms with van der Waals surface area (Å²) in [5.74, 6) is -1.51. The van der Waals surface area contributed by atoms with Gasteiger partial charge in [-0.25, -0.2) is 0 Å². The fourth-order valence-corrected chi connectivity index (χ4v) is 7.04. The normalized spacial score (nSPS) is 31.9. The van der Waals surface area contributed by atoms with Gasteiger partial charge in [-0.2, -0.15) is 0 Å². The maximum absolute atomic E-state index is 12.8. The molecule has 6 atom stereocenters. The molecule has 1 aromatic rings. The quantitative estimate of drug-likeness (QED) is 0.239. The lowest BCUT2D eigenvalue weighted by Gasteiger charge is -2.28. The third kappa shape index (κ3) is 3.55. The molecule has 1 aliphatic heterocycles. The number of esters is 1. The van der Waals surface area contributed by atoms with Crippen LogP contribution in [0.1, 0.15) is 34.3 Å². The predicted octanol–water partition coefficient (Wildman–Crippen LogP) is 3.20. The van der Waals surface area contributed by atoms with E-state index in [1.807, 2.05) is 26.0 Å². The summed E-state index contributed by atoms with van der Waals surface area (Å²) in [5.41, 5.74) is 2.31. The number of likely N-dealkylation sites (tertiary alicyclic amines) is 1. The number of hydrogen-bond donors (Lipinski definition) is 0. The first-order chi connectivity index (χ1) is 14.2. The number of benzene rings is 1. The number of fused-ring (bicyclic) bond motifs is 5. The molecule has 0 spiro atoms. The summed E-state index contributed by atoms with van der Waals surface area (Å²) in [6.07, 6.45) is 0.761. The van der Waals surface area contributed by atoms with Crippen molar-refractivity contribution in [3.05, 3.63) is 34.9 Å². The summed E-state index contributed by atoms with van der Waals surface area (Å²) in [6, 6.07) is 5.54. The highest BCUT2D eigenvalue weighted by atomic mass is 79.9. The zero-order valence-electron chi connectivity index (χ0n) is 16.8. The third-order valence-electron chi connectivity index (χ3n) is 6.68. The van der Waals surface area contributed by atoms with Crippen molar-refractivity contribution in [3.63, 3.8) is 0 Å². The second kappa shape index (κ2) is 8.19. The zero-order chi connectivity index (χ0) is 21.7. The summed E-state index contributed by atoms with van der Waals surface area (Å²) in [4.78, 5) is 51.8. The van der Waals surface area contributed by atoms with Gasteiger partial charge in [-0.05, 0) is 43.7 Å². The number of Topliss-reactive ketones (excluding diaryl/α,β-unsaturated/α-hetero) is 1. The van der Waals surface area contributed by atoms with Crippen molar-refractivity contribution in [2.45, 2.75) is 36.3 Å². The van der Waals surface area contributed by atoms with Gasteiger partial charge in [-0.3, -0.25) is 24.1 Å². The second-order valence-corrected chi connectivity index (χ2v) is 10.6. The first-order valence-corrected chi connectivity index (χ1v) is 11.9. The molecule has 0 radical (unpaired) electrons. The van der Waals surface area contributed by atoms with Gasteiger partial charge in [0, 0.05) is 21.8 Å². The van der Waals surface area contributed by atoms with Gasteiger partial charge < -0.3 is 4.74 Å². The van der Waals surface area contributed by atoms with Gasteiger partial charge in [0.25, 0.3) is 0 Å². The van der Waals surface area contributed by atoms with E-state index in [1.54, 1.807) is 6.07 Å². The van der Waals surface area contributed by atoms with Crippen LogP contribution in [-0.4, -0.2) is 51.3 Å². The molecule has 3 fully saturated rings. The van der Waals surface area contributed by atoms with Crippen molar-refractivity contribution in [2.75, 3.05) is 13.2 Å². The molecule has 0 aromatic heterocycles. The summed E-state index contributed by atoms with van der Waals surface area (Å²) in [6.45, 7) is 3.37. The summed E-state index contributed by atoms with van der Waals surface area (Å²) >= 11 is 7.31. The number of amides is 2. The van der Waals surface area contributed by atoms with Crippen LogP contribution in [0.4, 0.5) is 0 Å². The van der Waals surface area contributed by atoms with Crippen molar-refractivity contribution in [3.8, 4) is 0 Å². The Kier molecular flexibility index (Phi) is 5.92. The average molecular weight is 541 g/mol. The van der Waals surface area contributed by atoms with Crippen LogP contribution in [-0.2, 0) is 19.1 Å². The fraction of sp³-hybridized carbons (Fsp3) is 0.545. The Morgan fingerprint density at radius 2 is 1.67 bits per heavy atom. The molecule has 30 heavy (non-hydrogen) atoms. The van der Waals surface area contributed by atoms with Crippen LogP contribution in [0.2, 0.25) is 0 Å². The molecule has 0 unspecified atom stereocenters. The molecule has 3 aliphatic rings. The van der Waals surface area contributed by atoms with Crippen LogP contribution in [0.25, 0.3) is 0 Å². The maximum atomic E-state index is 12.8. The van der Waals surface area contributed by atoms with Crippen LogP contribution >= 0.6 is 31.9 Å². The molecule has 1 heterocycles. The van der Waals surface area contributed by atoms with Crippen LogP contribution in [0, 0.1) is 37.5 Å². The molecule has 6 nitrogen and oxygen atoms in total. The highest BCUT2D eigenvalue weighted by Gasteiger charge is 2.66. The van der Waals surface area contributed by atoms with Gasteiger partial charge in [0.2, 0.25) is 17.6 Å².